The van der Waals surface area contributed by atoms with Crippen LogP contribution >= 0.6 is 0 Å². The fraction of sp³-hybridized carbons (Fsp3) is 0.556. The van der Waals surface area contributed by atoms with Crippen molar-refractivity contribution in [2.75, 3.05) is 13.1 Å². The summed E-state index contributed by atoms with van der Waals surface area (Å²) in [4.78, 5) is 17.3. The predicted molar refractivity (Wildman–Crippen MR) is 93.9 cm³/mol. The smallest absolute Gasteiger partial charge is 0.270 e. The van der Waals surface area contributed by atoms with E-state index < -0.39 is 4.92 Å². The summed E-state index contributed by atoms with van der Waals surface area (Å²) in [7, 11) is 0. The summed E-state index contributed by atoms with van der Waals surface area (Å²) in [6, 6.07) is 6.31. The molecule has 0 saturated carbocycles. The van der Waals surface area contributed by atoms with Crippen LogP contribution in [-0.4, -0.2) is 33.1 Å². The third-order valence-corrected chi connectivity index (χ3v) is 4.78. The Morgan fingerprint density at radius 3 is 3.04 bits per heavy atom. The zero-order valence-electron chi connectivity index (χ0n) is 14.6. The van der Waals surface area contributed by atoms with E-state index in [0.29, 0.717) is 23.8 Å². The molecule has 3 rings (SSSR count). The highest BCUT2D eigenvalue weighted by molar-refractivity contribution is 5.58. The van der Waals surface area contributed by atoms with Gasteiger partial charge >= 0.3 is 0 Å². The first kappa shape index (κ1) is 17.5. The summed E-state index contributed by atoms with van der Waals surface area (Å²) in [6.07, 6.45) is 6.29. The Morgan fingerprint density at radius 1 is 1.36 bits per heavy atom. The van der Waals surface area contributed by atoms with Crippen molar-refractivity contribution in [2.24, 2.45) is 5.92 Å². The van der Waals surface area contributed by atoms with Crippen LogP contribution in [0.25, 0.3) is 11.4 Å². The maximum Gasteiger partial charge on any atom is 0.270 e. The number of rotatable bonds is 6. The summed E-state index contributed by atoms with van der Waals surface area (Å²) in [5.41, 5.74) is 0.626. The van der Waals surface area contributed by atoms with E-state index in [0.717, 1.165) is 19.0 Å². The Bertz CT molecular complexity index is 716. The van der Waals surface area contributed by atoms with Crippen molar-refractivity contribution in [1.29, 1.82) is 0 Å². The van der Waals surface area contributed by atoms with Crippen molar-refractivity contribution in [1.82, 2.24) is 15.0 Å². The lowest BCUT2D eigenvalue weighted by Gasteiger charge is -2.17. The van der Waals surface area contributed by atoms with Gasteiger partial charge < -0.3 is 4.52 Å². The second-order valence-electron chi connectivity index (χ2n) is 6.68. The quantitative estimate of drug-likeness (QED) is 0.580. The van der Waals surface area contributed by atoms with Gasteiger partial charge in [0.05, 0.1) is 11.5 Å². The molecule has 2 aromatic rings. The van der Waals surface area contributed by atoms with Gasteiger partial charge in [0.2, 0.25) is 11.7 Å². The molecule has 25 heavy (non-hydrogen) atoms. The highest BCUT2D eigenvalue weighted by Gasteiger charge is 2.19. The van der Waals surface area contributed by atoms with Crippen molar-refractivity contribution in [2.45, 2.75) is 45.6 Å². The van der Waals surface area contributed by atoms with Gasteiger partial charge in [-0.1, -0.05) is 37.1 Å². The van der Waals surface area contributed by atoms with Crippen molar-refractivity contribution < 1.29 is 9.45 Å². The van der Waals surface area contributed by atoms with Gasteiger partial charge in [0, 0.05) is 17.7 Å². The summed E-state index contributed by atoms with van der Waals surface area (Å²) in [5, 5.41) is 14.9. The Kier molecular flexibility index (Phi) is 5.75. The first-order chi connectivity index (χ1) is 12.2. The molecule has 2 heterocycles. The number of hydrogen-bond acceptors (Lipinski definition) is 6. The second-order valence-corrected chi connectivity index (χ2v) is 6.68. The van der Waals surface area contributed by atoms with Gasteiger partial charge in [0.1, 0.15) is 0 Å². The highest BCUT2D eigenvalue weighted by atomic mass is 16.6. The number of likely N-dealkylation sites (tertiary alicyclic amines) is 1. The van der Waals surface area contributed by atoms with E-state index in [9.17, 15) is 10.1 Å². The summed E-state index contributed by atoms with van der Waals surface area (Å²) in [5.74, 6) is 1.80. The Morgan fingerprint density at radius 2 is 2.24 bits per heavy atom. The molecular formula is C18H24N4O3. The molecule has 7 nitrogen and oxygen atoms in total. The van der Waals surface area contributed by atoms with Gasteiger partial charge in [-0.3, -0.25) is 15.0 Å². The Balaban J connectivity index is 1.64. The summed E-state index contributed by atoms with van der Waals surface area (Å²) < 4.78 is 5.36. The maximum absolute atomic E-state index is 10.9. The predicted octanol–water partition coefficient (Wildman–Crippen LogP) is 4.05. The van der Waals surface area contributed by atoms with E-state index in [-0.39, 0.29) is 5.69 Å². The van der Waals surface area contributed by atoms with Crippen LogP contribution in [0, 0.1) is 16.0 Å². The van der Waals surface area contributed by atoms with E-state index in [2.05, 4.69) is 22.0 Å². The standard InChI is InChI=1S/C18H24N4O3/c1-2-5-14-6-4-10-21(11-9-14)13-17-19-18(20-25-17)15-7-3-8-16(12-15)22(23)24/h3,7-8,12,14H,2,4-6,9-11,13H2,1H3. The minimum Gasteiger partial charge on any atom is -0.338 e. The Hall–Kier alpha value is -2.28. The number of benzene rings is 1. The first-order valence-electron chi connectivity index (χ1n) is 8.95. The number of non-ortho nitro benzene ring substituents is 1. The van der Waals surface area contributed by atoms with Crippen molar-refractivity contribution in [3.05, 3.63) is 40.3 Å². The van der Waals surface area contributed by atoms with Crippen LogP contribution in [0.5, 0.6) is 0 Å². The van der Waals surface area contributed by atoms with Gasteiger partial charge in [0.15, 0.2) is 0 Å². The Labute approximate surface area is 147 Å². The zero-order chi connectivity index (χ0) is 17.6. The van der Waals surface area contributed by atoms with Crippen LogP contribution in [-0.2, 0) is 6.54 Å². The third kappa shape index (κ3) is 4.63. The van der Waals surface area contributed by atoms with Crippen LogP contribution in [0.4, 0.5) is 5.69 Å². The van der Waals surface area contributed by atoms with Crippen LogP contribution in [0.1, 0.15) is 44.9 Å². The number of nitrogens with zero attached hydrogens (tertiary/aromatic N) is 4. The highest BCUT2D eigenvalue weighted by Crippen LogP contribution is 2.24. The lowest BCUT2D eigenvalue weighted by Crippen LogP contribution is -2.24. The van der Waals surface area contributed by atoms with Gasteiger partial charge in [-0.15, -0.1) is 0 Å². The maximum atomic E-state index is 10.9. The van der Waals surface area contributed by atoms with Crippen molar-refractivity contribution in [3.63, 3.8) is 0 Å². The van der Waals surface area contributed by atoms with Crippen LogP contribution in [0.3, 0.4) is 0 Å². The lowest BCUT2D eigenvalue weighted by molar-refractivity contribution is -0.384. The van der Waals surface area contributed by atoms with E-state index in [1.807, 2.05) is 0 Å². The van der Waals surface area contributed by atoms with Crippen LogP contribution < -0.4 is 0 Å². The minimum absolute atomic E-state index is 0.0262. The molecule has 1 unspecified atom stereocenters. The molecule has 1 atom stereocenters. The monoisotopic (exact) mass is 344 g/mol. The van der Waals surface area contributed by atoms with Crippen LogP contribution in [0.2, 0.25) is 0 Å². The van der Waals surface area contributed by atoms with Gasteiger partial charge in [-0.25, -0.2) is 0 Å². The van der Waals surface area contributed by atoms with Crippen molar-refractivity contribution in [3.8, 4) is 11.4 Å². The topological polar surface area (TPSA) is 85.3 Å². The molecule has 134 valence electrons. The van der Waals surface area contributed by atoms with E-state index in [4.69, 9.17) is 4.52 Å². The summed E-state index contributed by atoms with van der Waals surface area (Å²) in [6.45, 7) is 4.99. The van der Waals surface area contributed by atoms with E-state index in [1.165, 1.54) is 44.2 Å². The average Bonchev–Trinajstić information content (AvgIpc) is 2.97. The van der Waals surface area contributed by atoms with Gasteiger partial charge in [-0.2, -0.15) is 4.98 Å². The molecule has 1 saturated heterocycles. The fourth-order valence-electron chi connectivity index (χ4n) is 3.47. The molecule has 0 aliphatic carbocycles. The summed E-state index contributed by atoms with van der Waals surface area (Å²) >= 11 is 0. The molecule has 0 spiro atoms. The number of aromatic nitrogens is 2. The van der Waals surface area contributed by atoms with E-state index >= 15 is 0 Å². The second kappa shape index (κ2) is 8.20. The van der Waals surface area contributed by atoms with Crippen molar-refractivity contribution >= 4 is 5.69 Å². The SMILES string of the molecule is CCCC1CCCN(Cc2nc(-c3cccc([N+](=O)[O-])c3)no2)CC1. The molecule has 0 bridgehead atoms. The number of nitro benzene ring substituents is 1. The molecule has 7 heteroatoms. The molecule has 0 N–H and O–H groups in total. The lowest BCUT2D eigenvalue weighted by atomic mass is 9.96. The number of nitro groups is 1. The largest absolute Gasteiger partial charge is 0.338 e. The minimum atomic E-state index is -0.422. The molecule has 1 aromatic carbocycles. The van der Waals surface area contributed by atoms with E-state index in [1.54, 1.807) is 12.1 Å². The molecule has 1 aliphatic rings. The molecule has 0 amide bonds. The normalized spacial score (nSPS) is 18.8. The first-order valence-corrected chi connectivity index (χ1v) is 8.95. The average molecular weight is 344 g/mol. The fourth-order valence-corrected chi connectivity index (χ4v) is 3.47. The molecule has 1 aromatic heterocycles. The zero-order valence-corrected chi connectivity index (χ0v) is 14.6. The molecular weight excluding hydrogens is 320 g/mol. The molecule has 1 aliphatic heterocycles. The molecule has 1 fully saturated rings. The van der Waals surface area contributed by atoms with Crippen LogP contribution in [0.15, 0.2) is 28.8 Å². The molecule has 0 radical (unpaired) electrons. The number of hydrogen-bond donors (Lipinski definition) is 0. The van der Waals surface area contributed by atoms with Gasteiger partial charge in [-0.05, 0) is 38.3 Å². The third-order valence-electron chi connectivity index (χ3n) is 4.78. The van der Waals surface area contributed by atoms with Gasteiger partial charge in [0.25, 0.3) is 5.69 Å².